The molecule has 0 aliphatic heterocycles. The minimum absolute atomic E-state index is 0. The molecule has 1 aromatic rings. The van der Waals surface area contributed by atoms with Gasteiger partial charge < -0.3 is 6.15 Å². The summed E-state index contributed by atoms with van der Waals surface area (Å²) >= 11 is 1.53. The quantitative estimate of drug-likeness (QED) is 0.587. The van der Waals surface area contributed by atoms with E-state index in [-0.39, 0.29) is 6.15 Å². The number of hydrogen-bond acceptors (Lipinski definition) is 3. The summed E-state index contributed by atoms with van der Waals surface area (Å²) < 4.78 is 0. The summed E-state index contributed by atoms with van der Waals surface area (Å²) in [6.45, 7) is 0. The SMILES string of the molecule is N.O=Cc1ccsc1. The van der Waals surface area contributed by atoms with Gasteiger partial charge in [0, 0.05) is 10.9 Å². The maximum absolute atomic E-state index is 9.87. The summed E-state index contributed by atoms with van der Waals surface area (Å²) in [7, 11) is 0. The predicted molar refractivity (Wildman–Crippen MR) is 34.7 cm³/mol. The Bertz CT molecular complexity index is 147. The summed E-state index contributed by atoms with van der Waals surface area (Å²) in [5.74, 6) is 0. The molecule has 0 bridgehead atoms. The van der Waals surface area contributed by atoms with Gasteiger partial charge in [0.2, 0.25) is 0 Å². The number of thiophene rings is 1. The highest BCUT2D eigenvalue weighted by molar-refractivity contribution is 7.08. The molecule has 0 radical (unpaired) electrons. The van der Waals surface area contributed by atoms with E-state index in [4.69, 9.17) is 0 Å². The van der Waals surface area contributed by atoms with Gasteiger partial charge in [-0.3, -0.25) is 4.79 Å². The van der Waals surface area contributed by atoms with Crippen LogP contribution in [0.4, 0.5) is 0 Å². The van der Waals surface area contributed by atoms with Gasteiger partial charge in [0.15, 0.2) is 6.29 Å². The molecular formula is C5H7NOS. The van der Waals surface area contributed by atoms with E-state index in [2.05, 4.69) is 0 Å². The van der Waals surface area contributed by atoms with Gasteiger partial charge in [0.05, 0.1) is 0 Å². The van der Waals surface area contributed by atoms with Gasteiger partial charge in [-0.1, -0.05) is 0 Å². The van der Waals surface area contributed by atoms with E-state index in [1.54, 1.807) is 6.07 Å². The zero-order valence-corrected chi connectivity index (χ0v) is 5.15. The second-order valence-electron chi connectivity index (χ2n) is 1.17. The molecule has 3 N–H and O–H groups in total. The zero-order chi connectivity index (χ0) is 5.11. The topological polar surface area (TPSA) is 52.1 Å². The van der Waals surface area contributed by atoms with E-state index in [1.165, 1.54) is 11.3 Å². The molecule has 1 aromatic heterocycles. The van der Waals surface area contributed by atoms with Crippen molar-refractivity contribution >= 4 is 17.6 Å². The lowest BCUT2D eigenvalue weighted by atomic mass is 10.4. The van der Waals surface area contributed by atoms with Crippen LogP contribution >= 0.6 is 11.3 Å². The Kier molecular flexibility index (Phi) is 3.07. The third-order valence-electron chi connectivity index (χ3n) is 0.679. The van der Waals surface area contributed by atoms with E-state index >= 15 is 0 Å². The molecule has 0 saturated carbocycles. The average molecular weight is 129 g/mol. The lowest BCUT2D eigenvalue weighted by molar-refractivity contribution is 0.112. The van der Waals surface area contributed by atoms with Crippen LogP contribution in [0, 0.1) is 0 Å². The first-order valence-corrected chi connectivity index (χ1v) is 2.85. The van der Waals surface area contributed by atoms with Crippen molar-refractivity contribution in [2.24, 2.45) is 0 Å². The summed E-state index contributed by atoms with van der Waals surface area (Å²) in [6, 6.07) is 1.79. The number of hydrogen-bond donors (Lipinski definition) is 1. The minimum Gasteiger partial charge on any atom is -0.344 e. The van der Waals surface area contributed by atoms with Crippen LogP contribution in [0.1, 0.15) is 10.4 Å². The molecule has 8 heavy (non-hydrogen) atoms. The van der Waals surface area contributed by atoms with Crippen LogP contribution in [-0.4, -0.2) is 6.29 Å². The first-order valence-electron chi connectivity index (χ1n) is 1.91. The first-order chi connectivity index (χ1) is 3.43. The van der Waals surface area contributed by atoms with Crippen LogP contribution in [-0.2, 0) is 0 Å². The van der Waals surface area contributed by atoms with Crippen LogP contribution in [0.5, 0.6) is 0 Å². The van der Waals surface area contributed by atoms with E-state index in [9.17, 15) is 4.79 Å². The molecule has 0 aliphatic rings. The molecule has 0 aromatic carbocycles. The summed E-state index contributed by atoms with van der Waals surface area (Å²) in [5.41, 5.74) is 0.769. The molecule has 2 nitrogen and oxygen atoms in total. The average Bonchev–Trinajstić information content (AvgIpc) is 2.14. The molecule has 1 heterocycles. The highest BCUT2D eigenvalue weighted by Crippen LogP contribution is 2.00. The maximum atomic E-state index is 9.87. The zero-order valence-electron chi connectivity index (χ0n) is 4.33. The largest absolute Gasteiger partial charge is 0.344 e. The Hall–Kier alpha value is -0.670. The van der Waals surface area contributed by atoms with Gasteiger partial charge in [-0.05, 0) is 11.4 Å². The maximum Gasteiger partial charge on any atom is 0.150 e. The van der Waals surface area contributed by atoms with Crippen molar-refractivity contribution in [2.75, 3.05) is 0 Å². The normalized spacial score (nSPS) is 7.50. The molecule has 44 valence electrons. The molecule has 0 spiro atoms. The van der Waals surface area contributed by atoms with E-state index in [0.717, 1.165) is 11.8 Å². The molecule has 1 rings (SSSR count). The fraction of sp³-hybridized carbons (Fsp3) is 0. The Morgan fingerprint density at radius 1 is 1.62 bits per heavy atom. The van der Waals surface area contributed by atoms with Crippen molar-refractivity contribution < 1.29 is 4.79 Å². The fourth-order valence-corrected chi connectivity index (χ4v) is 0.948. The number of aldehydes is 1. The van der Waals surface area contributed by atoms with Gasteiger partial charge >= 0.3 is 0 Å². The van der Waals surface area contributed by atoms with Crippen LogP contribution in [0.3, 0.4) is 0 Å². The van der Waals surface area contributed by atoms with Crippen molar-refractivity contribution in [3.8, 4) is 0 Å². The summed E-state index contributed by atoms with van der Waals surface area (Å²) in [5, 5.41) is 3.69. The molecule has 0 saturated heterocycles. The molecule has 0 unspecified atom stereocenters. The number of carbonyl (C=O) groups is 1. The van der Waals surface area contributed by atoms with Crippen LogP contribution < -0.4 is 6.15 Å². The smallest absolute Gasteiger partial charge is 0.150 e. The molecular weight excluding hydrogens is 122 g/mol. The summed E-state index contributed by atoms with van der Waals surface area (Å²) in [6.07, 6.45) is 0.844. The molecule has 0 atom stereocenters. The van der Waals surface area contributed by atoms with Gasteiger partial charge in [0.1, 0.15) is 0 Å². The second-order valence-corrected chi connectivity index (χ2v) is 1.95. The van der Waals surface area contributed by atoms with E-state index < -0.39 is 0 Å². The highest BCUT2D eigenvalue weighted by atomic mass is 32.1. The summed E-state index contributed by atoms with van der Waals surface area (Å²) in [4.78, 5) is 9.87. The Morgan fingerprint density at radius 3 is 2.62 bits per heavy atom. The molecule has 0 aliphatic carbocycles. The van der Waals surface area contributed by atoms with Gasteiger partial charge in [0.25, 0.3) is 0 Å². The Labute approximate surface area is 51.7 Å². The molecule has 0 amide bonds. The molecule has 3 heteroatoms. The lowest BCUT2D eigenvalue weighted by Gasteiger charge is -1.65. The molecule has 0 fully saturated rings. The monoisotopic (exact) mass is 129 g/mol. The van der Waals surface area contributed by atoms with Crippen molar-refractivity contribution in [1.82, 2.24) is 6.15 Å². The van der Waals surface area contributed by atoms with Crippen LogP contribution in [0.2, 0.25) is 0 Å². The minimum atomic E-state index is 0. The highest BCUT2D eigenvalue weighted by Gasteiger charge is 1.82. The van der Waals surface area contributed by atoms with Gasteiger partial charge in [-0.2, -0.15) is 11.3 Å². The third-order valence-corrected chi connectivity index (χ3v) is 1.38. The van der Waals surface area contributed by atoms with E-state index in [1.807, 2.05) is 10.8 Å². The fourth-order valence-electron chi connectivity index (χ4n) is 0.342. The van der Waals surface area contributed by atoms with Crippen LogP contribution in [0.15, 0.2) is 16.8 Å². The van der Waals surface area contributed by atoms with E-state index in [0.29, 0.717) is 0 Å². The van der Waals surface area contributed by atoms with Crippen LogP contribution in [0.25, 0.3) is 0 Å². The Morgan fingerprint density at radius 2 is 2.38 bits per heavy atom. The third kappa shape index (κ3) is 1.44. The second kappa shape index (κ2) is 3.35. The lowest BCUT2D eigenvalue weighted by Crippen LogP contribution is -1.64. The standard InChI is InChI=1S/C5H4OS.H3N/c6-3-5-1-2-7-4-5;/h1-4H;1H3. The van der Waals surface area contributed by atoms with Crippen molar-refractivity contribution in [3.05, 3.63) is 22.4 Å². The van der Waals surface area contributed by atoms with Gasteiger partial charge in [-0.25, -0.2) is 0 Å². The first kappa shape index (κ1) is 7.33. The number of rotatable bonds is 1. The number of carbonyl (C=O) groups excluding carboxylic acids is 1. The van der Waals surface area contributed by atoms with Crippen molar-refractivity contribution in [1.29, 1.82) is 0 Å². The van der Waals surface area contributed by atoms with Crippen molar-refractivity contribution in [2.45, 2.75) is 0 Å². The van der Waals surface area contributed by atoms with Crippen molar-refractivity contribution in [3.63, 3.8) is 0 Å². The Balaban J connectivity index is 0.000000490. The van der Waals surface area contributed by atoms with Gasteiger partial charge in [-0.15, -0.1) is 0 Å². The predicted octanol–water partition coefficient (Wildman–Crippen LogP) is 1.72.